The van der Waals surface area contributed by atoms with E-state index in [0.29, 0.717) is 9.37 Å². The lowest BCUT2D eigenvalue weighted by atomic mass is 10.2. The van der Waals surface area contributed by atoms with E-state index < -0.39 is 10.0 Å². The molecule has 0 aliphatic carbocycles. The van der Waals surface area contributed by atoms with Crippen molar-refractivity contribution in [2.45, 2.75) is 18.4 Å². The Labute approximate surface area is 111 Å². The van der Waals surface area contributed by atoms with E-state index in [1.165, 1.54) is 18.4 Å². The number of halogens is 1. The van der Waals surface area contributed by atoms with E-state index >= 15 is 0 Å². The largest absolute Gasteiger partial charge is 0.313 e. The first kappa shape index (κ1) is 14.6. The van der Waals surface area contributed by atoms with Gasteiger partial charge in [-0.25, -0.2) is 12.7 Å². The van der Waals surface area contributed by atoms with Crippen LogP contribution in [0.15, 0.2) is 27.6 Å². The van der Waals surface area contributed by atoms with Gasteiger partial charge < -0.3 is 5.32 Å². The molecular weight excluding hydrogens is 304 g/mol. The first-order valence-electron chi connectivity index (χ1n) is 5.31. The van der Waals surface area contributed by atoms with Gasteiger partial charge in [-0.3, -0.25) is 0 Å². The Bertz CT molecular complexity index is 486. The molecule has 17 heavy (non-hydrogen) atoms. The zero-order valence-corrected chi connectivity index (χ0v) is 12.6. The molecule has 1 rings (SSSR count). The van der Waals surface area contributed by atoms with Crippen LogP contribution in [0.1, 0.15) is 12.5 Å². The van der Waals surface area contributed by atoms with Crippen LogP contribution in [0.2, 0.25) is 0 Å². The maximum absolute atomic E-state index is 12.0. The SMILES string of the molecule is CCNCc1ccc(S(=O)(=O)N(C)C)c(Br)c1. The van der Waals surface area contributed by atoms with Crippen LogP contribution in [-0.2, 0) is 16.6 Å². The number of benzene rings is 1. The molecule has 0 atom stereocenters. The Morgan fingerprint density at radius 1 is 1.35 bits per heavy atom. The minimum Gasteiger partial charge on any atom is -0.313 e. The first-order valence-corrected chi connectivity index (χ1v) is 7.54. The van der Waals surface area contributed by atoms with Gasteiger partial charge in [0.1, 0.15) is 0 Å². The summed E-state index contributed by atoms with van der Waals surface area (Å²) in [7, 11) is -0.334. The van der Waals surface area contributed by atoms with E-state index in [0.717, 1.165) is 18.7 Å². The molecule has 0 spiro atoms. The van der Waals surface area contributed by atoms with Gasteiger partial charge in [0.25, 0.3) is 0 Å². The second-order valence-corrected chi connectivity index (χ2v) is 6.81. The topological polar surface area (TPSA) is 49.4 Å². The second kappa shape index (κ2) is 5.95. The maximum atomic E-state index is 12.0. The van der Waals surface area contributed by atoms with Gasteiger partial charge in [-0.15, -0.1) is 0 Å². The van der Waals surface area contributed by atoms with Crippen molar-refractivity contribution in [3.05, 3.63) is 28.2 Å². The zero-order chi connectivity index (χ0) is 13.1. The van der Waals surface area contributed by atoms with E-state index in [-0.39, 0.29) is 0 Å². The number of sulfonamides is 1. The van der Waals surface area contributed by atoms with Crippen LogP contribution in [0.5, 0.6) is 0 Å². The summed E-state index contributed by atoms with van der Waals surface area (Å²) in [5.41, 5.74) is 1.05. The van der Waals surface area contributed by atoms with Crippen LogP contribution >= 0.6 is 15.9 Å². The van der Waals surface area contributed by atoms with Crippen LogP contribution in [0.25, 0.3) is 0 Å². The van der Waals surface area contributed by atoms with Gasteiger partial charge in [0, 0.05) is 25.1 Å². The van der Waals surface area contributed by atoms with Gasteiger partial charge in [-0.2, -0.15) is 0 Å². The number of hydrogen-bond donors (Lipinski definition) is 1. The molecule has 1 aromatic carbocycles. The summed E-state index contributed by atoms with van der Waals surface area (Å²) >= 11 is 3.31. The van der Waals surface area contributed by atoms with E-state index in [4.69, 9.17) is 0 Å². The molecule has 0 aromatic heterocycles. The lowest BCUT2D eigenvalue weighted by molar-refractivity contribution is 0.520. The smallest absolute Gasteiger partial charge is 0.243 e. The molecule has 0 aliphatic rings. The molecule has 0 radical (unpaired) electrons. The minimum absolute atomic E-state index is 0.294. The van der Waals surface area contributed by atoms with E-state index in [9.17, 15) is 8.42 Å². The summed E-state index contributed by atoms with van der Waals surface area (Å²) in [6.07, 6.45) is 0. The second-order valence-electron chi connectivity index (χ2n) is 3.83. The predicted molar refractivity (Wildman–Crippen MR) is 72.4 cm³/mol. The molecule has 1 N–H and O–H groups in total. The fourth-order valence-corrected chi connectivity index (χ4v) is 3.31. The third kappa shape index (κ3) is 3.51. The first-order chi connectivity index (χ1) is 7.89. The fourth-order valence-electron chi connectivity index (χ4n) is 1.33. The van der Waals surface area contributed by atoms with Crippen molar-refractivity contribution in [2.24, 2.45) is 0 Å². The summed E-state index contributed by atoms with van der Waals surface area (Å²) in [5.74, 6) is 0. The Kier molecular flexibility index (Phi) is 5.12. The van der Waals surface area contributed by atoms with Gasteiger partial charge in [0.2, 0.25) is 10.0 Å². The van der Waals surface area contributed by atoms with Crippen LogP contribution in [0.4, 0.5) is 0 Å². The normalized spacial score (nSPS) is 12.1. The molecule has 0 heterocycles. The minimum atomic E-state index is -3.38. The molecule has 96 valence electrons. The van der Waals surface area contributed by atoms with Crippen molar-refractivity contribution in [3.63, 3.8) is 0 Å². The number of nitrogens with one attached hydrogen (secondary N) is 1. The molecule has 0 fully saturated rings. The Hall–Kier alpha value is -0.430. The zero-order valence-electron chi connectivity index (χ0n) is 10.2. The lowest BCUT2D eigenvalue weighted by Gasteiger charge is -2.13. The lowest BCUT2D eigenvalue weighted by Crippen LogP contribution is -2.22. The quantitative estimate of drug-likeness (QED) is 0.900. The molecule has 0 unspecified atom stereocenters. The van der Waals surface area contributed by atoms with Gasteiger partial charge >= 0.3 is 0 Å². The fraction of sp³-hybridized carbons (Fsp3) is 0.455. The monoisotopic (exact) mass is 320 g/mol. The van der Waals surface area contributed by atoms with Gasteiger partial charge in [-0.1, -0.05) is 13.0 Å². The third-order valence-electron chi connectivity index (χ3n) is 2.33. The average Bonchev–Trinajstić information content (AvgIpc) is 2.25. The highest BCUT2D eigenvalue weighted by atomic mass is 79.9. The number of rotatable bonds is 5. The van der Waals surface area contributed by atoms with Crippen LogP contribution in [-0.4, -0.2) is 33.4 Å². The van der Waals surface area contributed by atoms with Gasteiger partial charge in [-0.05, 0) is 40.2 Å². The molecule has 4 nitrogen and oxygen atoms in total. The number of hydrogen-bond acceptors (Lipinski definition) is 3. The molecule has 1 aromatic rings. The van der Waals surface area contributed by atoms with Crippen LogP contribution < -0.4 is 5.32 Å². The molecule has 0 saturated carbocycles. The predicted octanol–water partition coefficient (Wildman–Crippen LogP) is 1.81. The Morgan fingerprint density at radius 3 is 2.47 bits per heavy atom. The summed E-state index contributed by atoms with van der Waals surface area (Å²) < 4.78 is 25.7. The molecular formula is C11H17BrN2O2S. The standard InChI is InChI=1S/C11H17BrN2O2S/c1-4-13-8-9-5-6-11(10(12)7-9)17(15,16)14(2)3/h5-7,13H,4,8H2,1-3H3. The van der Waals surface area contributed by atoms with E-state index in [1.54, 1.807) is 6.07 Å². The highest BCUT2D eigenvalue weighted by Crippen LogP contribution is 2.25. The third-order valence-corrected chi connectivity index (χ3v) is 5.13. The van der Waals surface area contributed by atoms with Crippen molar-refractivity contribution < 1.29 is 8.42 Å². The molecule has 0 amide bonds. The Balaban J connectivity index is 3.06. The molecule has 6 heteroatoms. The van der Waals surface area contributed by atoms with E-state index in [1.807, 2.05) is 19.1 Å². The van der Waals surface area contributed by atoms with Gasteiger partial charge in [0.05, 0.1) is 4.90 Å². The van der Waals surface area contributed by atoms with Crippen molar-refractivity contribution >= 4 is 26.0 Å². The Morgan fingerprint density at radius 2 is 2.00 bits per heavy atom. The summed E-state index contributed by atoms with van der Waals surface area (Å²) in [6, 6.07) is 5.29. The molecule has 0 bridgehead atoms. The van der Waals surface area contributed by atoms with Crippen LogP contribution in [0, 0.1) is 0 Å². The van der Waals surface area contributed by atoms with Gasteiger partial charge in [0.15, 0.2) is 0 Å². The number of nitrogens with zero attached hydrogens (tertiary/aromatic N) is 1. The summed E-state index contributed by atoms with van der Waals surface area (Å²) in [6.45, 7) is 3.65. The molecule has 0 aliphatic heterocycles. The summed E-state index contributed by atoms with van der Waals surface area (Å²) in [4.78, 5) is 0.294. The maximum Gasteiger partial charge on any atom is 0.243 e. The van der Waals surface area contributed by atoms with Crippen molar-refractivity contribution in [3.8, 4) is 0 Å². The molecule has 0 saturated heterocycles. The van der Waals surface area contributed by atoms with Crippen LogP contribution in [0.3, 0.4) is 0 Å². The van der Waals surface area contributed by atoms with Crippen molar-refractivity contribution in [1.82, 2.24) is 9.62 Å². The highest BCUT2D eigenvalue weighted by Gasteiger charge is 2.20. The van der Waals surface area contributed by atoms with E-state index in [2.05, 4.69) is 21.2 Å². The average molecular weight is 321 g/mol. The van der Waals surface area contributed by atoms with Crippen molar-refractivity contribution in [1.29, 1.82) is 0 Å². The van der Waals surface area contributed by atoms with Crippen molar-refractivity contribution in [2.75, 3.05) is 20.6 Å². The summed E-state index contributed by atoms with van der Waals surface area (Å²) in [5, 5.41) is 3.19. The highest BCUT2D eigenvalue weighted by molar-refractivity contribution is 9.10.